The van der Waals surface area contributed by atoms with Crippen LogP contribution in [0.15, 0.2) is 23.1 Å². The van der Waals surface area contributed by atoms with E-state index in [0.717, 1.165) is 12.0 Å². The van der Waals surface area contributed by atoms with Crippen molar-refractivity contribution in [3.63, 3.8) is 0 Å². The van der Waals surface area contributed by atoms with E-state index in [2.05, 4.69) is 13.0 Å². The first-order valence-electron chi connectivity index (χ1n) is 5.45. The molecular formula is C13H16O2S. The maximum Gasteiger partial charge on any atom is 0.313 e. The third-order valence-electron chi connectivity index (χ3n) is 3.13. The second-order valence-corrected chi connectivity index (χ2v) is 6.31. The fourth-order valence-corrected chi connectivity index (χ4v) is 3.46. The Balaban J connectivity index is 2.52. The van der Waals surface area contributed by atoms with Crippen LogP contribution in [0.3, 0.4) is 0 Å². The first kappa shape index (κ1) is 11.5. The molecule has 1 aromatic carbocycles. The molecule has 0 saturated carbocycles. The van der Waals surface area contributed by atoms with Crippen molar-refractivity contribution in [1.29, 1.82) is 0 Å². The summed E-state index contributed by atoms with van der Waals surface area (Å²) in [6.45, 7) is 5.73. The fraction of sp³-hybridized carbons (Fsp3) is 0.462. The van der Waals surface area contributed by atoms with E-state index in [-0.39, 0.29) is 0 Å². The molecule has 0 aromatic heterocycles. The normalized spacial score (nSPS) is 19.6. The molecule has 0 radical (unpaired) electrons. The molecule has 1 aliphatic rings. The number of hydrogen-bond acceptors (Lipinski definition) is 2. The Bertz CT molecular complexity index is 438. The summed E-state index contributed by atoms with van der Waals surface area (Å²) in [6.07, 6.45) is 1.05. The highest BCUT2D eigenvalue weighted by atomic mass is 32.2. The number of fused-ring (bicyclic) bond motifs is 1. The largest absolute Gasteiger partial charge is 0.481 e. The molecule has 0 spiro atoms. The Kier molecular flexibility index (Phi) is 2.74. The molecule has 2 nitrogen and oxygen atoms in total. The summed E-state index contributed by atoms with van der Waals surface area (Å²) < 4.78 is 0. The lowest BCUT2D eigenvalue weighted by Crippen LogP contribution is -2.29. The maximum absolute atomic E-state index is 11.3. The molecule has 0 bridgehead atoms. The van der Waals surface area contributed by atoms with E-state index in [1.165, 1.54) is 10.5 Å². The van der Waals surface area contributed by atoms with Crippen molar-refractivity contribution in [2.75, 3.05) is 0 Å². The van der Waals surface area contributed by atoms with E-state index in [1.807, 2.05) is 12.1 Å². The maximum atomic E-state index is 11.3. The molecule has 0 fully saturated rings. The van der Waals surface area contributed by atoms with Crippen LogP contribution in [0.1, 0.15) is 31.9 Å². The van der Waals surface area contributed by atoms with E-state index in [4.69, 9.17) is 0 Å². The summed E-state index contributed by atoms with van der Waals surface area (Å²) in [7, 11) is 0. The molecule has 1 heterocycles. The molecule has 1 atom stereocenters. The number of aliphatic carboxylic acids is 1. The molecule has 3 heteroatoms. The van der Waals surface area contributed by atoms with Gasteiger partial charge in [0.25, 0.3) is 0 Å². The van der Waals surface area contributed by atoms with Gasteiger partial charge in [0.05, 0.1) is 5.41 Å². The van der Waals surface area contributed by atoms with Gasteiger partial charge in [0.2, 0.25) is 0 Å². The number of carboxylic acids is 1. The number of benzene rings is 1. The van der Waals surface area contributed by atoms with Gasteiger partial charge in [-0.3, -0.25) is 4.79 Å². The number of carboxylic acid groups (broad SMARTS) is 1. The first-order chi connectivity index (χ1) is 7.43. The van der Waals surface area contributed by atoms with E-state index in [9.17, 15) is 9.90 Å². The van der Waals surface area contributed by atoms with Crippen molar-refractivity contribution >= 4 is 17.7 Å². The number of carbonyl (C=O) groups is 1. The molecule has 0 saturated heterocycles. The predicted molar refractivity (Wildman–Crippen MR) is 66.1 cm³/mol. The second kappa shape index (κ2) is 3.81. The Morgan fingerprint density at radius 1 is 1.50 bits per heavy atom. The molecule has 1 aliphatic heterocycles. The minimum atomic E-state index is -0.803. The third kappa shape index (κ3) is 1.73. The second-order valence-electron chi connectivity index (χ2n) is 4.86. The van der Waals surface area contributed by atoms with Crippen molar-refractivity contribution in [2.24, 2.45) is 0 Å². The third-order valence-corrected chi connectivity index (χ3v) is 4.42. The van der Waals surface area contributed by atoms with Crippen LogP contribution in [0.4, 0.5) is 0 Å². The average Bonchev–Trinajstić information content (AvgIpc) is 2.56. The van der Waals surface area contributed by atoms with Gasteiger partial charge in [-0.2, -0.15) is 0 Å². The van der Waals surface area contributed by atoms with Gasteiger partial charge in [-0.15, -0.1) is 11.8 Å². The van der Waals surface area contributed by atoms with Gasteiger partial charge < -0.3 is 5.11 Å². The summed E-state index contributed by atoms with van der Waals surface area (Å²) in [5, 5.41) is 9.84. The van der Waals surface area contributed by atoms with Crippen molar-refractivity contribution < 1.29 is 9.90 Å². The van der Waals surface area contributed by atoms with Gasteiger partial charge in [-0.05, 0) is 31.4 Å². The smallest absolute Gasteiger partial charge is 0.313 e. The van der Waals surface area contributed by atoms with Crippen LogP contribution in [0, 0.1) is 0 Å². The zero-order valence-electron chi connectivity index (χ0n) is 9.78. The lowest BCUT2D eigenvalue weighted by molar-refractivity contribution is -0.142. The summed E-state index contributed by atoms with van der Waals surface area (Å²) in [4.78, 5) is 12.5. The predicted octanol–water partition coefficient (Wildman–Crippen LogP) is 3.09. The average molecular weight is 236 g/mol. The van der Waals surface area contributed by atoms with Gasteiger partial charge in [0.1, 0.15) is 0 Å². The molecule has 0 amide bonds. The van der Waals surface area contributed by atoms with Gasteiger partial charge in [-0.25, -0.2) is 0 Å². The van der Waals surface area contributed by atoms with Gasteiger partial charge in [0, 0.05) is 10.1 Å². The van der Waals surface area contributed by atoms with Gasteiger partial charge in [0.15, 0.2) is 0 Å². The fourth-order valence-electron chi connectivity index (χ4n) is 2.04. The van der Waals surface area contributed by atoms with Crippen LogP contribution in [0.2, 0.25) is 0 Å². The van der Waals surface area contributed by atoms with Crippen molar-refractivity contribution in [2.45, 2.75) is 42.8 Å². The van der Waals surface area contributed by atoms with Crippen molar-refractivity contribution in [1.82, 2.24) is 0 Å². The quantitative estimate of drug-likeness (QED) is 0.857. The Labute approximate surface area is 100 Å². The Morgan fingerprint density at radius 2 is 2.19 bits per heavy atom. The van der Waals surface area contributed by atoms with Crippen LogP contribution < -0.4 is 0 Å². The van der Waals surface area contributed by atoms with Crippen LogP contribution in [-0.2, 0) is 16.6 Å². The van der Waals surface area contributed by atoms with E-state index in [0.29, 0.717) is 5.25 Å². The summed E-state index contributed by atoms with van der Waals surface area (Å²) in [5.74, 6) is -0.763. The molecule has 1 unspecified atom stereocenters. The van der Waals surface area contributed by atoms with E-state index < -0.39 is 11.4 Å². The number of rotatable bonds is 2. The summed E-state index contributed by atoms with van der Waals surface area (Å²) in [5.41, 5.74) is 1.44. The number of thioether (sulfide) groups is 1. The van der Waals surface area contributed by atoms with Crippen LogP contribution >= 0.6 is 11.8 Å². The SMILES string of the molecule is CC1Cc2cccc(C(C)(C)C(=O)O)c2S1. The number of hydrogen-bond donors (Lipinski definition) is 1. The van der Waals surface area contributed by atoms with Gasteiger partial charge in [-0.1, -0.05) is 25.1 Å². The summed E-state index contributed by atoms with van der Waals surface area (Å²) >= 11 is 1.80. The molecule has 86 valence electrons. The minimum absolute atomic E-state index is 0.556. The van der Waals surface area contributed by atoms with Crippen LogP contribution in [0.25, 0.3) is 0 Å². The zero-order valence-corrected chi connectivity index (χ0v) is 10.6. The molecule has 1 aromatic rings. The Hall–Kier alpha value is -0.960. The zero-order chi connectivity index (χ0) is 11.9. The summed E-state index contributed by atoms with van der Waals surface area (Å²) in [6, 6.07) is 6.02. The van der Waals surface area contributed by atoms with Crippen molar-refractivity contribution in [3.8, 4) is 0 Å². The minimum Gasteiger partial charge on any atom is -0.481 e. The van der Waals surface area contributed by atoms with Crippen LogP contribution in [-0.4, -0.2) is 16.3 Å². The lowest BCUT2D eigenvalue weighted by Gasteiger charge is -2.22. The van der Waals surface area contributed by atoms with E-state index >= 15 is 0 Å². The Morgan fingerprint density at radius 3 is 2.81 bits per heavy atom. The standard InChI is InChI=1S/C13H16O2S/c1-8-7-9-5-4-6-10(11(9)16-8)13(2,3)12(14)15/h4-6,8H,7H2,1-3H3,(H,14,15). The molecule has 16 heavy (non-hydrogen) atoms. The van der Waals surface area contributed by atoms with E-state index in [1.54, 1.807) is 25.6 Å². The molecule has 1 N–H and O–H groups in total. The highest BCUT2D eigenvalue weighted by Crippen LogP contribution is 2.43. The highest BCUT2D eigenvalue weighted by Gasteiger charge is 2.34. The molecular weight excluding hydrogens is 220 g/mol. The molecule has 0 aliphatic carbocycles. The van der Waals surface area contributed by atoms with Crippen molar-refractivity contribution in [3.05, 3.63) is 29.3 Å². The van der Waals surface area contributed by atoms with Gasteiger partial charge >= 0.3 is 5.97 Å². The molecule has 2 rings (SSSR count). The first-order valence-corrected chi connectivity index (χ1v) is 6.33. The van der Waals surface area contributed by atoms with Crippen LogP contribution in [0.5, 0.6) is 0 Å². The highest BCUT2D eigenvalue weighted by molar-refractivity contribution is 8.00. The topological polar surface area (TPSA) is 37.3 Å². The lowest BCUT2D eigenvalue weighted by atomic mass is 9.83. The monoisotopic (exact) mass is 236 g/mol.